The quantitative estimate of drug-likeness (QED) is 0.699. The van der Waals surface area contributed by atoms with Gasteiger partial charge in [-0.25, -0.2) is 4.98 Å². The van der Waals surface area contributed by atoms with Crippen molar-refractivity contribution >= 4 is 17.6 Å². The summed E-state index contributed by atoms with van der Waals surface area (Å²) in [6.45, 7) is 0.681. The number of amides is 2. The van der Waals surface area contributed by atoms with Crippen LogP contribution in [0.15, 0.2) is 36.5 Å². The Kier molecular flexibility index (Phi) is 4.88. The summed E-state index contributed by atoms with van der Waals surface area (Å²) < 4.78 is 39.7. The summed E-state index contributed by atoms with van der Waals surface area (Å²) in [5.74, 6) is -1.99. The first-order chi connectivity index (χ1) is 14.2. The van der Waals surface area contributed by atoms with E-state index in [9.17, 15) is 22.8 Å². The average molecular weight is 418 g/mol. The van der Waals surface area contributed by atoms with Crippen LogP contribution in [0.1, 0.15) is 17.8 Å². The van der Waals surface area contributed by atoms with Gasteiger partial charge in [0.15, 0.2) is 0 Å². The minimum atomic E-state index is -4.66. The van der Waals surface area contributed by atoms with Crippen LogP contribution in [-0.2, 0) is 22.3 Å². The molecule has 4 rings (SSSR count). The highest BCUT2D eigenvalue weighted by atomic mass is 19.4. The molecule has 3 aromatic rings. The molecular formula is C19H17F3N6O2. The number of carbonyl (C=O) groups is 2. The van der Waals surface area contributed by atoms with Gasteiger partial charge in [0.25, 0.3) is 11.6 Å². The van der Waals surface area contributed by atoms with E-state index in [0.717, 1.165) is 10.1 Å². The molecule has 0 spiro atoms. The average Bonchev–Trinajstić information content (AvgIpc) is 3.30. The number of nitrogens with one attached hydrogen (secondary N) is 1. The van der Waals surface area contributed by atoms with Crippen molar-refractivity contribution < 1.29 is 22.8 Å². The van der Waals surface area contributed by atoms with Crippen LogP contribution in [0.2, 0.25) is 0 Å². The van der Waals surface area contributed by atoms with Gasteiger partial charge >= 0.3 is 6.18 Å². The van der Waals surface area contributed by atoms with Crippen molar-refractivity contribution in [1.29, 1.82) is 0 Å². The van der Waals surface area contributed by atoms with E-state index in [1.165, 1.54) is 11.1 Å². The first-order valence-electron chi connectivity index (χ1n) is 9.12. The molecule has 1 fully saturated rings. The second-order valence-electron chi connectivity index (χ2n) is 7.07. The summed E-state index contributed by atoms with van der Waals surface area (Å²) in [6.07, 6.45) is -3.09. The number of aromatic nitrogens is 4. The van der Waals surface area contributed by atoms with E-state index in [2.05, 4.69) is 20.4 Å². The zero-order chi connectivity index (χ0) is 21.5. The van der Waals surface area contributed by atoms with E-state index < -0.39 is 12.0 Å². The Morgan fingerprint density at radius 1 is 1.23 bits per heavy atom. The summed E-state index contributed by atoms with van der Waals surface area (Å²) in [4.78, 5) is 32.6. The molecular weight excluding hydrogens is 401 g/mol. The van der Waals surface area contributed by atoms with Crippen molar-refractivity contribution in [3.63, 3.8) is 0 Å². The number of carbonyl (C=O) groups excluding carboxylic acids is 2. The number of hydrogen-bond donors (Lipinski definition) is 1. The number of alkyl halides is 3. The van der Waals surface area contributed by atoms with Gasteiger partial charge in [-0.3, -0.25) is 9.59 Å². The van der Waals surface area contributed by atoms with E-state index in [1.807, 2.05) is 0 Å². The highest BCUT2D eigenvalue weighted by Gasteiger charge is 2.36. The van der Waals surface area contributed by atoms with Crippen LogP contribution in [0.3, 0.4) is 0 Å². The Labute approximate surface area is 168 Å². The Hall–Kier alpha value is -3.50. The lowest BCUT2D eigenvalue weighted by Gasteiger charge is -2.11. The second-order valence-corrected chi connectivity index (χ2v) is 7.07. The number of halogens is 3. The third kappa shape index (κ3) is 3.82. The summed E-state index contributed by atoms with van der Waals surface area (Å²) in [6, 6.07) is 8.51. The van der Waals surface area contributed by atoms with Crippen LogP contribution in [0, 0.1) is 5.92 Å². The highest BCUT2D eigenvalue weighted by Crippen LogP contribution is 2.28. The molecule has 11 heteroatoms. The zero-order valence-electron chi connectivity index (χ0n) is 15.8. The lowest BCUT2D eigenvalue weighted by Crippen LogP contribution is -2.31. The summed E-state index contributed by atoms with van der Waals surface area (Å²) >= 11 is 0. The first-order valence-corrected chi connectivity index (χ1v) is 9.12. The smallest absolute Gasteiger partial charge is 0.352 e. The van der Waals surface area contributed by atoms with E-state index in [1.54, 1.807) is 37.4 Å². The fourth-order valence-electron chi connectivity index (χ4n) is 3.30. The standard InChI is InChI=1S/C19H17F3N6O2/c1-27-10-13(8-15(27)29)16(30)24-9-11-2-4-12(5-3-11)14-6-7-23-18-25-17(19(20,21)22)26-28(14)18/h2-7,13H,8-10H2,1H3,(H,24,30). The molecule has 30 heavy (non-hydrogen) atoms. The van der Waals surface area contributed by atoms with Crippen molar-refractivity contribution in [2.24, 2.45) is 5.92 Å². The van der Waals surface area contributed by atoms with Crippen LogP contribution in [0.4, 0.5) is 13.2 Å². The predicted molar refractivity (Wildman–Crippen MR) is 98.8 cm³/mol. The lowest BCUT2D eigenvalue weighted by atomic mass is 10.1. The first kappa shape index (κ1) is 19.8. The summed E-state index contributed by atoms with van der Waals surface area (Å²) in [5, 5.41) is 6.34. The predicted octanol–water partition coefficient (Wildman–Crippen LogP) is 1.90. The molecule has 3 heterocycles. The third-order valence-corrected chi connectivity index (χ3v) is 4.92. The van der Waals surface area contributed by atoms with Gasteiger partial charge in [-0.05, 0) is 11.6 Å². The van der Waals surface area contributed by atoms with Gasteiger partial charge in [0.1, 0.15) is 0 Å². The molecule has 1 aliphatic rings. The molecule has 1 N–H and O–H groups in total. The molecule has 8 nitrogen and oxygen atoms in total. The Morgan fingerprint density at radius 2 is 1.97 bits per heavy atom. The maximum atomic E-state index is 12.9. The summed E-state index contributed by atoms with van der Waals surface area (Å²) in [7, 11) is 1.66. The maximum absolute atomic E-state index is 12.9. The summed E-state index contributed by atoms with van der Waals surface area (Å²) in [5.41, 5.74) is 1.84. The van der Waals surface area contributed by atoms with E-state index in [4.69, 9.17) is 0 Å². The van der Waals surface area contributed by atoms with Crippen LogP contribution in [0.25, 0.3) is 17.0 Å². The normalized spacial score (nSPS) is 17.0. The van der Waals surface area contributed by atoms with Gasteiger partial charge in [-0.15, -0.1) is 5.10 Å². The Balaban J connectivity index is 1.48. The van der Waals surface area contributed by atoms with Crippen LogP contribution in [0.5, 0.6) is 0 Å². The maximum Gasteiger partial charge on any atom is 0.453 e. The minimum Gasteiger partial charge on any atom is -0.352 e. The molecule has 2 amide bonds. The number of nitrogens with zero attached hydrogens (tertiary/aromatic N) is 5. The van der Waals surface area contributed by atoms with Crippen molar-refractivity contribution in [2.45, 2.75) is 19.1 Å². The molecule has 0 radical (unpaired) electrons. The SMILES string of the molecule is CN1CC(C(=O)NCc2ccc(-c3ccnc4nc(C(F)(F)F)nn34)cc2)CC1=O. The highest BCUT2D eigenvalue weighted by molar-refractivity contribution is 5.89. The number of fused-ring (bicyclic) bond motifs is 1. The number of rotatable bonds is 4. The Bertz CT molecular complexity index is 1110. The lowest BCUT2D eigenvalue weighted by molar-refractivity contribution is -0.144. The van der Waals surface area contributed by atoms with Gasteiger partial charge in [-0.1, -0.05) is 24.3 Å². The molecule has 1 atom stereocenters. The van der Waals surface area contributed by atoms with E-state index in [0.29, 0.717) is 17.8 Å². The van der Waals surface area contributed by atoms with Crippen molar-refractivity contribution in [1.82, 2.24) is 29.8 Å². The van der Waals surface area contributed by atoms with E-state index in [-0.39, 0.29) is 36.5 Å². The van der Waals surface area contributed by atoms with Crippen molar-refractivity contribution in [3.8, 4) is 11.3 Å². The molecule has 0 aliphatic carbocycles. The molecule has 156 valence electrons. The fraction of sp³-hybridized carbons (Fsp3) is 0.316. The third-order valence-electron chi connectivity index (χ3n) is 4.92. The molecule has 1 aromatic carbocycles. The van der Waals surface area contributed by atoms with Crippen molar-refractivity contribution in [3.05, 3.63) is 47.9 Å². The number of hydrogen-bond acceptors (Lipinski definition) is 5. The van der Waals surface area contributed by atoms with Crippen LogP contribution < -0.4 is 5.32 Å². The molecule has 0 bridgehead atoms. The molecule has 1 saturated heterocycles. The van der Waals surface area contributed by atoms with E-state index >= 15 is 0 Å². The number of benzene rings is 1. The Morgan fingerprint density at radius 3 is 2.60 bits per heavy atom. The van der Waals surface area contributed by atoms with Gasteiger partial charge in [-0.2, -0.15) is 22.7 Å². The minimum absolute atomic E-state index is 0.0510. The van der Waals surface area contributed by atoms with Crippen molar-refractivity contribution in [2.75, 3.05) is 13.6 Å². The topological polar surface area (TPSA) is 92.5 Å². The van der Waals surface area contributed by atoms with Gasteiger partial charge < -0.3 is 10.2 Å². The van der Waals surface area contributed by atoms with Gasteiger partial charge in [0.05, 0.1) is 11.6 Å². The largest absolute Gasteiger partial charge is 0.453 e. The molecule has 2 aromatic heterocycles. The second kappa shape index (κ2) is 7.39. The molecule has 1 unspecified atom stereocenters. The molecule has 1 aliphatic heterocycles. The monoisotopic (exact) mass is 418 g/mol. The fourth-order valence-corrected chi connectivity index (χ4v) is 3.30. The van der Waals surface area contributed by atoms with Crippen LogP contribution in [-0.4, -0.2) is 49.9 Å². The van der Waals surface area contributed by atoms with Gasteiger partial charge in [0, 0.05) is 38.3 Å². The zero-order valence-corrected chi connectivity index (χ0v) is 15.8. The van der Waals surface area contributed by atoms with Gasteiger partial charge in [0.2, 0.25) is 11.8 Å². The molecule has 0 saturated carbocycles. The number of likely N-dealkylation sites (tertiary alicyclic amines) is 1. The van der Waals surface area contributed by atoms with Crippen LogP contribution >= 0.6 is 0 Å².